The van der Waals surface area contributed by atoms with E-state index in [-0.39, 0.29) is 12.0 Å². The van der Waals surface area contributed by atoms with Crippen LogP contribution in [0.5, 0.6) is 0 Å². The summed E-state index contributed by atoms with van der Waals surface area (Å²) >= 11 is 0. The number of aromatic nitrogens is 2. The third-order valence-corrected chi connectivity index (χ3v) is 2.98. The van der Waals surface area contributed by atoms with Gasteiger partial charge in [0, 0.05) is 23.1 Å². The van der Waals surface area contributed by atoms with Crippen molar-refractivity contribution in [1.29, 1.82) is 0 Å². The molecule has 106 valence electrons. The van der Waals surface area contributed by atoms with Gasteiger partial charge in [-0.15, -0.1) is 0 Å². The molecular formula is C10H10N5O5-. The molecule has 3 atom stereocenters. The topological polar surface area (TPSA) is 153 Å². The van der Waals surface area contributed by atoms with Gasteiger partial charge in [-0.2, -0.15) is 0 Å². The van der Waals surface area contributed by atoms with E-state index in [1.807, 2.05) is 0 Å². The van der Waals surface area contributed by atoms with Crippen molar-refractivity contribution in [3.05, 3.63) is 43.0 Å². The molecule has 1 aromatic heterocycles. The second-order valence-corrected chi connectivity index (χ2v) is 4.32. The molecule has 0 bridgehead atoms. The van der Waals surface area contributed by atoms with E-state index in [0.29, 0.717) is 0 Å². The van der Waals surface area contributed by atoms with Crippen molar-refractivity contribution in [3.8, 4) is 0 Å². The third kappa shape index (κ3) is 2.42. The highest BCUT2D eigenvalue weighted by Gasteiger charge is 2.37. The number of H-pyrrole nitrogens is 1. The molecule has 1 saturated heterocycles. The van der Waals surface area contributed by atoms with Crippen LogP contribution in [-0.2, 0) is 9.53 Å². The maximum absolute atomic E-state index is 11.7. The van der Waals surface area contributed by atoms with E-state index in [9.17, 15) is 19.5 Å². The smallest absolute Gasteiger partial charge is 0.330 e. The standard InChI is InChI=1S/C10H11N5O5/c1-4-3-15(10(19)12-8(4)16)6-2-5(13-14-11)7(20-6)9(17)18/h3,5-7H,2H2,1H3,(H,17,18)(H,12,16,19)/p-1/t5-,6-,7-/m1/s1. The van der Waals surface area contributed by atoms with Gasteiger partial charge >= 0.3 is 5.69 Å². The highest BCUT2D eigenvalue weighted by Crippen LogP contribution is 2.29. The van der Waals surface area contributed by atoms with Crippen molar-refractivity contribution in [2.24, 2.45) is 5.11 Å². The zero-order valence-electron chi connectivity index (χ0n) is 10.3. The summed E-state index contributed by atoms with van der Waals surface area (Å²) < 4.78 is 6.22. The van der Waals surface area contributed by atoms with Crippen LogP contribution >= 0.6 is 0 Å². The lowest BCUT2D eigenvalue weighted by Gasteiger charge is -2.17. The molecule has 0 amide bonds. The van der Waals surface area contributed by atoms with Crippen molar-refractivity contribution in [2.75, 3.05) is 0 Å². The average molecular weight is 280 g/mol. The van der Waals surface area contributed by atoms with Gasteiger partial charge in [0.1, 0.15) is 12.3 Å². The largest absolute Gasteiger partial charge is 0.547 e. The number of ether oxygens (including phenoxy) is 1. The quantitative estimate of drug-likeness (QED) is 0.408. The predicted molar refractivity (Wildman–Crippen MR) is 62.5 cm³/mol. The molecule has 1 aromatic rings. The van der Waals surface area contributed by atoms with Crippen LogP contribution in [-0.4, -0.2) is 27.7 Å². The minimum atomic E-state index is -1.53. The Morgan fingerprint density at radius 3 is 2.95 bits per heavy atom. The maximum Gasteiger partial charge on any atom is 0.330 e. The van der Waals surface area contributed by atoms with Crippen molar-refractivity contribution in [3.63, 3.8) is 0 Å². The van der Waals surface area contributed by atoms with Crippen LogP contribution in [0.25, 0.3) is 10.4 Å². The fourth-order valence-corrected chi connectivity index (χ4v) is 2.01. The van der Waals surface area contributed by atoms with Crippen molar-refractivity contribution >= 4 is 5.97 Å². The Balaban J connectivity index is 2.38. The van der Waals surface area contributed by atoms with Gasteiger partial charge in [0.05, 0.1) is 12.0 Å². The molecule has 1 aliphatic rings. The molecular weight excluding hydrogens is 270 g/mol. The molecule has 0 aromatic carbocycles. The predicted octanol–water partition coefficient (Wildman–Crippen LogP) is -1.44. The molecule has 0 unspecified atom stereocenters. The summed E-state index contributed by atoms with van der Waals surface area (Å²) in [4.78, 5) is 38.5. The number of aromatic amines is 1. The van der Waals surface area contributed by atoms with Gasteiger partial charge in [-0.3, -0.25) is 14.3 Å². The number of hydrogen-bond donors (Lipinski definition) is 1. The molecule has 0 spiro atoms. The number of aliphatic carboxylic acids is 1. The minimum absolute atomic E-state index is 0.00586. The fourth-order valence-electron chi connectivity index (χ4n) is 2.01. The van der Waals surface area contributed by atoms with Gasteiger partial charge in [-0.25, -0.2) is 4.79 Å². The lowest BCUT2D eigenvalue weighted by molar-refractivity contribution is -0.317. The zero-order valence-corrected chi connectivity index (χ0v) is 10.3. The number of carbonyl (C=O) groups is 1. The monoisotopic (exact) mass is 280 g/mol. The molecule has 10 nitrogen and oxygen atoms in total. The Kier molecular flexibility index (Phi) is 3.59. The van der Waals surface area contributed by atoms with Crippen LogP contribution in [0.4, 0.5) is 0 Å². The first-order valence-corrected chi connectivity index (χ1v) is 5.66. The van der Waals surface area contributed by atoms with E-state index in [0.717, 1.165) is 4.57 Å². The first-order chi connectivity index (χ1) is 9.43. The molecule has 0 radical (unpaired) electrons. The van der Waals surface area contributed by atoms with Gasteiger partial charge in [0.25, 0.3) is 5.56 Å². The normalized spacial score (nSPS) is 25.1. The minimum Gasteiger partial charge on any atom is -0.547 e. The Hall–Kier alpha value is -2.58. The number of nitrogens with one attached hydrogen (secondary N) is 1. The van der Waals surface area contributed by atoms with E-state index in [2.05, 4.69) is 15.0 Å². The summed E-state index contributed by atoms with van der Waals surface area (Å²) in [5.74, 6) is -1.53. The van der Waals surface area contributed by atoms with Gasteiger partial charge in [-0.1, -0.05) is 5.11 Å². The molecule has 2 heterocycles. The second kappa shape index (κ2) is 5.19. The molecule has 1 aliphatic heterocycles. The molecule has 2 rings (SSSR count). The number of nitrogens with zero attached hydrogens (tertiary/aromatic N) is 4. The summed E-state index contributed by atoms with van der Waals surface area (Å²) in [6.07, 6.45) is -1.13. The van der Waals surface area contributed by atoms with Crippen LogP contribution in [0.3, 0.4) is 0 Å². The summed E-state index contributed by atoms with van der Waals surface area (Å²) in [5.41, 5.74) is 7.39. The van der Waals surface area contributed by atoms with Crippen LogP contribution in [0.2, 0.25) is 0 Å². The molecule has 20 heavy (non-hydrogen) atoms. The first kappa shape index (κ1) is 13.8. The Morgan fingerprint density at radius 2 is 2.35 bits per heavy atom. The molecule has 0 aliphatic carbocycles. The Morgan fingerprint density at radius 1 is 1.65 bits per heavy atom. The van der Waals surface area contributed by atoms with Gasteiger partial charge in [-0.05, 0) is 12.5 Å². The van der Waals surface area contributed by atoms with E-state index >= 15 is 0 Å². The number of rotatable bonds is 3. The zero-order chi connectivity index (χ0) is 14.9. The van der Waals surface area contributed by atoms with Gasteiger partial charge in [0.2, 0.25) is 0 Å². The van der Waals surface area contributed by atoms with Gasteiger partial charge < -0.3 is 14.6 Å². The van der Waals surface area contributed by atoms with Crippen LogP contribution < -0.4 is 16.4 Å². The SMILES string of the molecule is Cc1cn([C@H]2C[C@@H](N=[N+]=[N-])[C@H](C(=O)[O-])O2)c(=O)[nH]c1=O. The number of hydrogen-bond acceptors (Lipinski definition) is 6. The highest BCUT2D eigenvalue weighted by atomic mass is 16.5. The molecule has 10 heteroatoms. The summed E-state index contributed by atoms with van der Waals surface area (Å²) in [6.45, 7) is 1.49. The van der Waals surface area contributed by atoms with Crippen molar-refractivity contribution in [1.82, 2.24) is 9.55 Å². The number of azide groups is 1. The number of carbonyl (C=O) groups excluding carboxylic acids is 1. The number of carboxylic acids is 1. The molecule has 1 N–H and O–H groups in total. The van der Waals surface area contributed by atoms with E-state index in [1.54, 1.807) is 0 Å². The maximum atomic E-state index is 11.7. The van der Waals surface area contributed by atoms with Gasteiger partial charge in [0.15, 0.2) is 0 Å². The summed E-state index contributed by atoms with van der Waals surface area (Å²) in [7, 11) is 0. The van der Waals surface area contributed by atoms with Crippen LogP contribution in [0, 0.1) is 6.92 Å². The summed E-state index contributed by atoms with van der Waals surface area (Å²) in [5, 5.41) is 14.2. The Labute approximate surface area is 111 Å². The van der Waals surface area contributed by atoms with E-state index in [4.69, 9.17) is 10.3 Å². The fraction of sp³-hybridized carbons (Fsp3) is 0.500. The van der Waals surface area contributed by atoms with E-state index in [1.165, 1.54) is 13.1 Å². The highest BCUT2D eigenvalue weighted by molar-refractivity contribution is 5.71. The Bertz CT molecular complexity index is 691. The van der Waals surface area contributed by atoms with Crippen molar-refractivity contribution in [2.45, 2.75) is 31.7 Å². The van der Waals surface area contributed by atoms with Crippen molar-refractivity contribution < 1.29 is 14.6 Å². The first-order valence-electron chi connectivity index (χ1n) is 5.66. The lowest BCUT2D eigenvalue weighted by atomic mass is 10.1. The van der Waals surface area contributed by atoms with Crippen LogP contribution in [0.1, 0.15) is 18.2 Å². The number of carboxylic acid groups (broad SMARTS) is 1. The second-order valence-electron chi connectivity index (χ2n) is 4.32. The number of aryl methyl sites for hydroxylation is 1. The van der Waals surface area contributed by atoms with Crippen LogP contribution in [0.15, 0.2) is 20.9 Å². The lowest BCUT2D eigenvalue weighted by Crippen LogP contribution is -2.41. The third-order valence-electron chi connectivity index (χ3n) is 2.98. The summed E-state index contributed by atoms with van der Waals surface area (Å²) in [6, 6.07) is -0.978. The van der Waals surface area contributed by atoms with E-state index < -0.39 is 35.6 Å². The average Bonchev–Trinajstić information content (AvgIpc) is 2.78. The molecule has 1 fully saturated rings. The molecule has 0 saturated carbocycles.